The molecule has 5 heteroatoms. The fraction of sp³-hybridized carbons (Fsp3) is 0.562. The second-order valence-electron chi connectivity index (χ2n) is 5.57. The van der Waals surface area contributed by atoms with E-state index in [0.29, 0.717) is 19.1 Å². The fourth-order valence-electron chi connectivity index (χ4n) is 2.57. The molecule has 1 aromatic carbocycles. The summed E-state index contributed by atoms with van der Waals surface area (Å²) in [6.45, 7) is 4.67. The first-order valence-corrected chi connectivity index (χ1v) is 7.32. The Kier molecular flexibility index (Phi) is 5.56. The summed E-state index contributed by atoms with van der Waals surface area (Å²) < 4.78 is 23.4. The largest absolute Gasteiger partial charge is 0.461 e. The molecule has 0 amide bonds. The molecule has 0 saturated carbocycles. The minimum absolute atomic E-state index is 0.0885. The highest BCUT2D eigenvalue weighted by Crippen LogP contribution is 2.30. The average molecular weight is 294 g/mol. The highest BCUT2D eigenvalue weighted by atomic mass is 19.1. The molecule has 0 bridgehead atoms. The van der Waals surface area contributed by atoms with Crippen molar-refractivity contribution in [2.24, 2.45) is 10.7 Å². The normalized spacial score (nSPS) is 23.3. The van der Waals surface area contributed by atoms with Crippen molar-refractivity contribution < 1.29 is 13.9 Å². The Morgan fingerprint density at radius 1 is 1.52 bits per heavy atom. The molecule has 0 aromatic heterocycles. The molecule has 0 spiro atoms. The van der Waals surface area contributed by atoms with Gasteiger partial charge in [0.15, 0.2) is 6.80 Å². The van der Waals surface area contributed by atoms with E-state index < -0.39 is 6.80 Å². The summed E-state index contributed by atoms with van der Waals surface area (Å²) in [7, 11) is 0. The summed E-state index contributed by atoms with van der Waals surface area (Å²) in [5, 5.41) is 0. The number of nitrogens with zero attached hydrogens (tertiary/aromatic N) is 1. The monoisotopic (exact) mass is 294 g/mol. The molecule has 2 atom stereocenters. The van der Waals surface area contributed by atoms with Crippen LogP contribution in [0, 0.1) is 0 Å². The summed E-state index contributed by atoms with van der Waals surface area (Å²) in [4.78, 5) is 3.46. The second kappa shape index (κ2) is 7.41. The van der Waals surface area contributed by atoms with Crippen molar-refractivity contribution in [1.29, 1.82) is 0 Å². The van der Waals surface area contributed by atoms with Gasteiger partial charge in [0.2, 0.25) is 0 Å². The predicted molar refractivity (Wildman–Crippen MR) is 81.2 cm³/mol. The number of rotatable bonds is 4. The van der Waals surface area contributed by atoms with E-state index in [0.717, 1.165) is 6.42 Å². The predicted octanol–water partition coefficient (Wildman–Crippen LogP) is 2.94. The zero-order valence-corrected chi connectivity index (χ0v) is 12.6. The molecular formula is C16H23FN2O2. The number of nitrogens with two attached hydrogens (primary N) is 1. The van der Waals surface area contributed by atoms with Gasteiger partial charge >= 0.3 is 0 Å². The van der Waals surface area contributed by atoms with Crippen LogP contribution in [0.3, 0.4) is 0 Å². The molecular weight excluding hydrogens is 271 g/mol. The maximum Gasteiger partial charge on any atom is 0.284 e. The summed E-state index contributed by atoms with van der Waals surface area (Å²) in [5.41, 5.74) is 8.03. The standard InChI is InChI=1S/C16H23FN2O2/c1-11(2)12-4-3-5-13(8-12)14-9-20-7-6-15(14)21-16(18)19-10-17/h3-5,8,11,14-15H,6-7,9-10H2,1-2H3,(H2,18,19)/t14-,15-/m1/s1. The maximum absolute atomic E-state index is 12.2. The number of halogens is 1. The second-order valence-corrected chi connectivity index (χ2v) is 5.57. The molecule has 1 fully saturated rings. The van der Waals surface area contributed by atoms with E-state index in [9.17, 15) is 4.39 Å². The van der Waals surface area contributed by atoms with Gasteiger partial charge in [0.1, 0.15) is 6.10 Å². The molecule has 0 radical (unpaired) electrons. The van der Waals surface area contributed by atoms with E-state index in [1.54, 1.807) is 0 Å². The molecule has 116 valence electrons. The lowest BCUT2D eigenvalue weighted by Crippen LogP contribution is -2.36. The van der Waals surface area contributed by atoms with Crippen LogP contribution >= 0.6 is 0 Å². The third kappa shape index (κ3) is 4.17. The average Bonchev–Trinajstić information content (AvgIpc) is 2.48. The SMILES string of the molecule is CC(C)c1cccc([C@H]2COCC[C@H]2O/C(N)=N\CF)c1. The summed E-state index contributed by atoms with van der Waals surface area (Å²) >= 11 is 0. The number of amidine groups is 1. The zero-order valence-electron chi connectivity index (χ0n) is 12.6. The highest BCUT2D eigenvalue weighted by Gasteiger charge is 2.29. The van der Waals surface area contributed by atoms with Gasteiger partial charge in [0.05, 0.1) is 13.2 Å². The van der Waals surface area contributed by atoms with Gasteiger partial charge in [-0.3, -0.25) is 0 Å². The van der Waals surface area contributed by atoms with Crippen LogP contribution in [0.2, 0.25) is 0 Å². The van der Waals surface area contributed by atoms with Crippen LogP contribution in [0.15, 0.2) is 29.3 Å². The van der Waals surface area contributed by atoms with Gasteiger partial charge < -0.3 is 15.2 Å². The molecule has 1 saturated heterocycles. The number of hydrogen-bond donors (Lipinski definition) is 1. The number of benzene rings is 1. The number of hydrogen-bond acceptors (Lipinski definition) is 3. The van der Waals surface area contributed by atoms with Crippen molar-refractivity contribution in [1.82, 2.24) is 0 Å². The van der Waals surface area contributed by atoms with Crippen LogP contribution in [0.4, 0.5) is 4.39 Å². The van der Waals surface area contributed by atoms with E-state index in [2.05, 4.69) is 43.1 Å². The van der Waals surface area contributed by atoms with Crippen molar-refractivity contribution in [3.8, 4) is 0 Å². The lowest BCUT2D eigenvalue weighted by Gasteiger charge is -2.32. The molecule has 2 N–H and O–H groups in total. The van der Waals surface area contributed by atoms with Gasteiger partial charge in [-0.1, -0.05) is 38.1 Å². The molecule has 0 aliphatic carbocycles. The van der Waals surface area contributed by atoms with Crippen LogP contribution in [0.5, 0.6) is 0 Å². The minimum Gasteiger partial charge on any atom is -0.461 e. The van der Waals surface area contributed by atoms with Gasteiger partial charge in [0, 0.05) is 12.3 Å². The zero-order chi connectivity index (χ0) is 15.2. The Labute approximate surface area is 125 Å². The van der Waals surface area contributed by atoms with Gasteiger partial charge in [-0.15, -0.1) is 0 Å². The molecule has 1 aliphatic heterocycles. The van der Waals surface area contributed by atoms with E-state index in [1.165, 1.54) is 11.1 Å². The molecule has 21 heavy (non-hydrogen) atoms. The van der Waals surface area contributed by atoms with E-state index in [1.807, 2.05) is 0 Å². The highest BCUT2D eigenvalue weighted by molar-refractivity contribution is 5.71. The van der Waals surface area contributed by atoms with Crippen LogP contribution in [0.25, 0.3) is 0 Å². The van der Waals surface area contributed by atoms with Gasteiger partial charge in [-0.05, 0) is 17.0 Å². The van der Waals surface area contributed by atoms with Gasteiger partial charge in [0.25, 0.3) is 6.02 Å². The number of alkyl halides is 1. The molecule has 2 rings (SSSR count). The van der Waals surface area contributed by atoms with Crippen molar-refractivity contribution in [2.45, 2.75) is 38.2 Å². The summed E-state index contributed by atoms with van der Waals surface area (Å²) in [6, 6.07) is 8.34. The fourth-order valence-corrected chi connectivity index (χ4v) is 2.57. The van der Waals surface area contributed by atoms with Crippen LogP contribution in [-0.4, -0.2) is 32.1 Å². The van der Waals surface area contributed by atoms with Crippen molar-refractivity contribution in [2.75, 3.05) is 20.0 Å². The lowest BCUT2D eigenvalue weighted by molar-refractivity contribution is -0.000470. The van der Waals surface area contributed by atoms with E-state index >= 15 is 0 Å². The number of aliphatic imine (C=N–C) groups is 1. The Hall–Kier alpha value is -1.62. The third-order valence-corrected chi connectivity index (χ3v) is 3.79. The molecule has 4 nitrogen and oxygen atoms in total. The quantitative estimate of drug-likeness (QED) is 0.528. The molecule has 1 aromatic rings. The first-order chi connectivity index (χ1) is 10.1. The smallest absolute Gasteiger partial charge is 0.284 e. The third-order valence-electron chi connectivity index (χ3n) is 3.79. The number of ether oxygens (including phenoxy) is 2. The summed E-state index contributed by atoms with van der Waals surface area (Å²) in [6.07, 6.45) is 0.593. The van der Waals surface area contributed by atoms with Gasteiger partial charge in [-0.25, -0.2) is 9.38 Å². The Bertz CT molecular complexity index is 491. The summed E-state index contributed by atoms with van der Waals surface area (Å²) in [5.74, 6) is 0.554. The van der Waals surface area contributed by atoms with Crippen molar-refractivity contribution >= 4 is 6.02 Å². The maximum atomic E-state index is 12.2. The molecule has 1 heterocycles. The van der Waals surface area contributed by atoms with Crippen molar-refractivity contribution in [3.63, 3.8) is 0 Å². The minimum atomic E-state index is -0.859. The first kappa shape index (κ1) is 15.8. The Balaban J connectivity index is 2.18. The van der Waals surface area contributed by atoms with E-state index in [-0.39, 0.29) is 18.0 Å². The van der Waals surface area contributed by atoms with E-state index in [4.69, 9.17) is 15.2 Å². The van der Waals surface area contributed by atoms with Crippen LogP contribution < -0.4 is 5.73 Å². The van der Waals surface area contributed by atoms with Crippen LogP contribution in [0.1, 0.15) is 43.2 Å². The van der Waals surface area contributed by atoms with Gasteiger partial charge in [-0.2, -0.15) is 0 Å². The van der Waals surface area contributed by atoms with Crippen LogP contribution in [-0.2, 0) is 9.47 Å². The van der Waals surface area contributed by atoms with Crippen molar-refractivity contribution in [3.05, 3.63) is 35.4 Å². The first-order valence-electron chi connectivity index (χ1n) is 7.32. The Morgan fingerprint density at radius 2 is 2.33 bits per heavy atom. The molecule has 0 unspecified atom stereocenters. The lowest BCUT2D eigenvalue weighted by atomic mass is 9.88. The topological polar surface area (TPSA) is 56.8 Å². The Morgan fingerprint density at radius 3 is 3.05 bits per heavy atom. The molecule has 1 aliphatic rings.